The zero-order chi connectivity index (χ0) is 33.9. The minimum atomic E-state index is -5.83. The fraction of sp³-hybridized carbons (Fsp3) is 0.500. The second-order valence-electron chi connectivity index (χ2n) is 8.73. The van der Waals surface area contributed by atoms with Crippen LogP contribution in [0.15, 0.2) is 0 Å². The first-order valence-corrected chi connectivity index (χ1v) is 11.6. The van der Waals surface area contributed by atoms with Crippen molar-refractivity contribution in [2.24, 2.45) is 0 Å². The summed E-state index contributed by atoms with van der Waals surface area (Å²) >= 11 is 0. The minimum absolute atomic E-state index is 0.254. The predicted octanol–water partition coefficient (Wildman–Crippen LogP) is 10.1. The van der Waals surface area contributed by atoms with Gasteiger partial charge in [0.1, 0.15) is 12.4 Å². The number of hydrogen-bond acceptors (Lipinski definition) is 1. The molecule has 0 unspecified atom stereocenters. The normalized spacial score (nSPS) is 12.8. The molecule has 43 heavy (non-hydrogen) atoms. The van der Waals surface area contributed by atoms with Gasteiger partial charge in [0, 0.05) is 12.0 Å². The molecule has 0 heterocycles. The van der Waals surface area contributed by atoms with E-state index in [1.54, 1.807) is 6.92 Å². The maximum absolute atomic E-state index is 13.8. The van der Waals surface area contributed by atoms with Crippen LogP contribution in [0.1, 0.15) is 50.2 Å². The van der Waals surface area contributed by atoms with Gasteiger partial charge in [-0.15, -0.1) is 0 Å². The minimum Gasteiger partial charge on any atom is -0.234 e. The van der Waals surface area contributed by atoms with Gasteiger partial charge in [0.05, 0.1) is 5.56 Å². The van der Waals surface area contributed by atoms with E-state index < -0.39 is 106 Å². The zero-order valence-corrected chi connectivity index (χ0v) is 21.5. The monoisotopic (exact) mass is 663 g/mol. The van der Waals surface area contributed by atoms with Gasteiger partial charge in [0.2, 0.25) is 5.82 Å². The van der Waals surface area contributed by atoms with E-state index in [2.05, 4.69) is 0 Å². The van der Waals surface area contributed by atoms with Gasteiger partial charge in [0.25, 0.3) is 0 Å². The molecule has 1 N–H and O–H groups in total. The van der Waals surface area contributed by atoms with Gasteiger partial charge in [-0.1, -0.05) is 26.2 Å². The van der Waals surface area contributed by atoms with Crippen molar-refractivity contribution in [3.05, 3.63) is 57.7 Å². The van der Waals surface area contributed by atoms with Crippen molar-refractivity contribution in [1.29, 1.82) is 0 Å². The van der Waals surface area contributed by atoms with Crippen LogP contribution in [0.2, 0.25) is 0 Å². The molecule has 0 saturated heterocycles. The van der Waals surface area contributed by atoms with Crippen molar-refractivity contribution in [2.45, 2.75) is 70.0 Å². The molecule has 0 radical (unpaired) electrons. The molecule has 0 aliphatic carbocycles. The highest BCUT2D eigenvalue weighted by Gasteiger charge is 2.70. The van der Waals surface area contributed by atoms with Gasteiger partial charge >= 0.3 is 24.1 Å². The Kier molecular flexibility index (Phi) is 12.3. The second-order valence-corrected chi connectivity index (χ2v) is 8.73. The number of benzene rings is 2. The second kappa shape index (κ2) is 13.8. The van der Waals surface area contributed by atoms with Gasteiger partial charge in [-0.25, -0.2) is 44.8 Å². The Bertz CT molecular complexity index is 1260. The number of rotatable bonds is 10. The Morgan fingerprint density at radius 1 is 0.558 bits per heavy atom. The van der Waals surface area contributed by atoms with Crippen LogP contribution >= 0.6 is 0 Å². The van der Waals surface area contributed by atoms with Gasteiger partial charge in [0.15, 0.2) is 40.7 Å². The standard InChI is InChI=1S/C14H3F11.C10H16F7N/c1-2-3(4-7(16)11(20)13(22)12(21)8(4)17)5(14(23,24)25)9(18)10(19)6(2)15;1-2-3-4-5-6-8(12,13)9(14,15)10(16,17)18-7-11/h1H3;18H,2-7H2,1H3. The summed E-state index contributed by atoms with van der Waals surface area (Å²) in [5.74, 6) is -31.7. The summed E-state index contributed by atoms with van der Waals surface area (Å²) in [7, 11) is 0. The fourth-order valence-corrected chi connectivity index (χ4v) is 3.54. The zero-order valence-electron chi connectivity index (χ0n) is 21.5. The lowest BCUT2D eigenvalue weighted by atomic mass is 9.92. The molecule has 0 aliphatic heterocycles. The van der Waals surface area contributed by atoms with E-state index in [0.717, 1.165) is 0 Å². The Morgan fingerprint density at radius 3 is 1.42 bits per heavy atom. The first-order chi connectivity index (χ1) is 19.4. The molecule has 2 rings (SSSR count). The van der Waals surface area contributed by atoms with E-state index in [-0.39, 0.29) is 12.8 Å². The van der Waals surface area contributed by atoms with Crippen molar-refractivity contribution >= 4 is 0 Å². The Labute approximate surface area is 230 Å². The highest BCUT2D eigenvalue weighted by atomic mass is 19.4. The molecule has 2 aromatic carbocycles. The van der Waals surface area contributed by atoms with E-state index in [4.69, 9.17) is 0 Å². The van der Waals surface area contributed by atoms with Crippen LogP contribution < -0.4 is 5.32 Å². The molecule has 246 valence electrons. The lowest BCUT2D eigenvalue weighted by Crippen LogP contribution is -2.60. The lowest BCUT2D eigenvalue weighted by Gasteiger charge is -2.32. The molecule has 0 atom stereocenters. The molecule has 19 heteroatoms. The first-order valence-electron chi connectivity index (χ1n) is 11.6. The average Bonchev–Trinajstić information content (AvgIpc) is 2.90. The Morgan fingerprint density at radius 2 is 1.00 bits per heavy atom. The van der Waals surface area contributed by atoms with Crippen LogP contribution in [-0.4, -0.2) is 24.7 Å². The summed E-state index contributed by atoms with van der Waals surface area (Å²) in [6.07, 6.45) is -5.97. The molecule has 0 fully saturated rings. The third-order valence-electron chi connectivity index (χ3n) is 5.79. The number of nitrogens with one attached hydrogen (secondary N) is 1. The summed E-state index contributed by atoms with van der Waals surface area (Å²) < 4.78 is 235. The van der Waals surface area contributed by atoms with Crippen LogP contribution in [0.5, 0.6) is 0 Å². The highest BCUT2D eigenvalue weighted by molar-refractivity contribution is 5.73. The maximum Gasteiger partial charge on any atom is 0.419 e. The summed E-state index contributed by atoms with van der Waals surface area (Å²) in [5.41, 5.74) is -8.45. The van der Waals surface area contributed by atoms with Crippen molar-refractivity contribution in [1.82, 2.24) is 5.32 Å². The smallest absolute Gasteiger partial charge is 0.234 e. The number of halogens is 18. The van der Waals surface area contributed by atoms with Crippen LogP contribution in [0.3, 0.4) is 0 Å². The summed E-state index contributed by atoms with van der Waals surface area (Å²) in [4.78, 5) is 0. The van der Waals surface area contributed by atoms with E-state index in [1.807, 2.05) is 0 Å². The van der Waals surface area contributed by atoms with Gasteiger partial charge in [-0.05, 0) is 18.9 Å². The van der Waals surface area contributed by atoms with E-state index in [9.17, 15) is 79.0 Å². The average molecular weight is 663 g/mol. The number of hydrogen-bond donors (Lipinski definition) is 1. The van der Waals surface area contributed by atoms with Crippen LogP contribution in [-0.2, 0) is 6.18 Å². The van der Waals surface area contributed by atoms with Crippen LogP contribution in [0, 0.1) is 53.5 Å². The molecular formula is C24H19F18N. The van der Waals surface area contributed by atoms with E-state index >= 15 is 0 Å². The van der Waals surface area contributed by atoms with Crippen LogP contribution in [0.4, 0.5) is 79.0 Å². The largest absolute Gasteiger partial charge is 0.419 e. The fourth-order valence-electron chi connectivity index (χ4n) is 3.54. The molecule has 0 aromatic heterocycles. The van der Waals surface area contributed by atoms with Crippen LogP contribution in [0.25, 0.3) is 11.1 Å². The molecule has 1 nitrogen and oxygen atoms in total. The third kappa shape index (κ3) is 7.63. The predicted molar refractivity (Wildman–Crippen MR) is 114 cm³/mol. The first kappa shape index (κ1) is 38.2. The molecule has 0 amide bonds. The summed E-state index contributed by atoms with van der Waals surface area (Å²) in [6.45, 7) is 0.126. The summed E-state index contributed by atoms with van der Waals surface area (Å²) in [6, 6.07) is -5.28. The lowest BCUT2D eigenvalue weighted by molar-refractivity contribution is -0.322. The topological polar surface area (TPSA) is 12.0 Å². The van der Waals surface area contributed by atoms with Gasteiger partial charge in [-0.3, -0.25) is 0 Å². The van der Waals surface area contributed by atoms with Crippen molar-refractivity contribution in [2.75, 3.05) is 6.80 Å². The quantitative estimate of drug-likeness (QED) is 0.0878. The van der Waals surface area contributed by atoms with Gasteiger partial charge < -0.3 is 0 Å². The summed E-state index contributed by atoms with van der Waals surface area (Å²) in [5, 5.41) is 0.440. The van der Waals surface area contributed by atoms with Crippen molar-refractivity contribution < 1.29 is 79.0 Å². The molecular weight excluding hydrogens is 644 g/mol. The number of unbranched alkanes of at least 4 members (excludes halogenated alkanes) is 3. The molecule has 0 bridgehead atoms. The molecule has 2 aromatic rings. The highest BCUT2D eigenvalue weighted by Crippen LogP contribution is 2.47. The Balaban J connectivity index is 0.000000457. The molecule has 0 aliphatic rings. The Hall–Kier alpha value is -2.86. The van der Waals surface area contributed by atoms with Crippen molar-refractivity contribution in [3.8, 4) is 11.1 Å². The SMILES string of the molecule is CCCCCCC(F)(F)C(F)(F)C(F)(F)NCF.Cc1c(F)c(F)c(F)c(C(F)(F)F)c1-c1c(F)c(F)c(F)c(F)c1F. The van der Waals surface area contributed by atoms with Gasteiger partial charge in [-0.2, -0.15) is 39.5 Å². The number of alkyl halides is 10. The molecule has 0 saturated carbocycles. The maximum atomic E-state index is 13.8. The third-order valence-corrected chi connectivity index (χ3v) is 5.79. The van der Waals surface area contributed by atoms with E-state index in [1.165, 1.54) is 0 Å². The van der Waals surface area contributed by atoms with Crippen molar-refractivity contribution in [3.63, 3.8) is 0 Å². The van der Waals surface area contributed by atoms with E-state index in [0.29, 0.717) is 25.1 Å². The molecule has 0 spiro atoms.